The number of esters is 1. The maximum Gasteiger partial charge on any atom is 0.345 e. The molecule has 1 aromatic carbocycles. The summed E-state index contributed by atoms with van der Waals surface area (Å²) in [4.78, 5) is 34.5. The molecular formula is C17H20N2O7. The first-order valence-electron chi connectivity index (χ1n) is 8.56. The van der Waals surface area contributed by atoms with Gasteiger partial charge in [-0.25, -0.2) is 4.79 Å². The van der Waals surface area contributed by atoms with Gasteiger partial charge in [0.1, 0.15) is 5.56 Å². The zero-order chi connectivity index (χ0) is 18.5. The second kappa shape index (κ2) is 8.03. The highest BCUT2D eigenvalue weighted by atomic mass is 16.7. The van der Waals surface area contributed by atoms with Gasteiger partial charge in [0.2, 0.25) is 6.79 Å². The monoisotopic (exact) mass is 364 g/mol. The molecule has 1 heterocycles. The van der Waals surface area contributed by atoms with Crippen molar-refractivity contribution < 1.29 is 28.7 Å². The SMILES string of the molecule is O=C(COC(=O)c1cc2c(cc1[N+](=O)[O-])OCO2)NCC1CCCCC1. The number of carbonyl (C=O) groups is 2. The molecule has 1 aliphatic heterocycles. The summed E-state index contributed by atoms with van der Waals surface area (Å²) in [6.07, 6.45) is 5.75. The molecule has 0 saturated heterocycles. The van der Waals surface area contributed by atoms with Crippen molar-refractivity contribution in [3.05, 3.63) is 27.8 Å². The van der Waals surface area contributed by atoms with Crippen molar-refractivity contribution in [2.75, 3.05) is 19.9 Å². The van der Waals surface area contributed by atoms with Crippen molar-refractivity contribution in [1.82, 2.24) is 5.32 Å². The van der Waals surface area contributed by atoms with Gasteiger partial charge in [0.15, 0.2) is 18.1 Å². The van der Waals surface area contributed by atoms with Crippen molar-refractivity contribution >= 4 is 17.6 Å². The Morgan fingerprint density at radius 3 is 2.58 bits per heavy atom. The van der Waals surface area contributed by atoms with Crippen LogP contribution in [0, 0.1) is 16.0 Å². The Kier molecular flexibility index (Phi) is 5.55. The Hall–Kier alpha value is -2.84. The van der Waals surface area contributed by atoms with Crippen LogP contribution < -0.4 is 14.8 Å². The first-order chi connectivity index (χ1) is 12.5. The smallest absolute Gasteiger partial charge is 0.345 e. The summed E-state index contributed by atoms with van der Waals surface area (Å²) in [6.45, 7) is -0.00767. The van der Waals surface area contributed by atoms with E-state index in [0.29, 0.717) is 12.5 Å². The average molecular weight is 364 g/mol. The lowest BCUT2D eigenvalue weighted by atomic mass is 9.89. The molecule has 1 N–H and O–H groups in total. The summed E-state index contributed by atoms with van der Waals surface area (Å²) in [5, 5.41) is 13.9. The number of hydrogen-bond acceptors (Lipinski definition) is 7. The molecule has 2 aliphatic rings. The number of amides is 1. The quantitative estimate of drug-likeness (QED) is 0.467. The van der Waals surface area contributed by atoms with Gasteiger partial charge < -0.3 is 19.5 Å². The Labute approximate surface area is 149 Å². The lowest BCUT2D eigenvalue weighted by molar-refractivity contribution is -0.385. The number of nitro benzene ring substituents is 1. The molecule has 0 bridgehead atoms. The van der Waals surface area contributed by atoms with Crippen LogP contribution in [0.15, 0.2) is 12.1 Å². The van der Waals surface area contributed by atoms with Gasteiger partial charge in [-0.3, -0.25) is 14.9 Å². The summed E-state index contributed by atoms with van der Waals surface area (Å²) >= 11 is 0. The van der Waals surface area contributed by atoms with Gasteiger partial charge in [-0.1, -0.05) is 19.3 Å². The van der Waals surface area contributed by atoms with Crippen LogP contribution in [0.4, 0.5) is 5.69 Å². The second-order valence-corrected chi connectivity index (χ2v) is 6.36. The lowest BCUT2D eigenvalue weighted by Crippen LogP contribution is -2.33. The maximum atomic E-state index is 12.2. The number of carbonyl (C=O) groups excluding carboxylic acids is 2. The van der Waals surface area contributed by atoms with Crippen molar-refractivity contribution in [1.29, 1.82) is 0 Å². The molecule has 1 aromatic rings. The maximum absolute atomic E-state index is 12.2. The fourth-order valence-corrected chi connectivity index (χ4v) is 3.16. The molecule has 1 aliphatic carbocycles. The minimum absolute atomic E-state index is 0.0748. The summed E-state index contributed by atoms with van der Waals surface area (Å²) in [5.41, 5.74) is -0.735. The predicted molar refractivity (Wildman–Crippen MR) is 89.1 cm³/mol. The summed E-state index contributed by atoms with van der Waals surface area (Å²) < 4.78 is 15.1. The van der Waals surface area contributed by atoms with Crippen molar-refractivity contribution in [3.8, 4) is 11.5 Å². The number of ether oxygens (including phenoxy) is 3. The van der Waals surface area contributed by atoms with E-state index in [4.69, 9.17) is 14.2 Å². The second-order valence-electron chi connectivity index (χ2n) is 6.36. The zero-order valence-corrected chi connectivity index (χ0v) is 14.2. The third kappa shape index (κ3) is 4.22. The number of hydrogen-bond donors (Lipinski definition) is 1. The van der Waals surface area contributed by atoms with Gasteiger partial charge in [-0.2, -0.15) is 0 Å². The number of rotatable bonds is 6. The molecule has 140 valence electrons. The van der Waals surface area contributed by atoms with Crippen LogP contribution in [0.5, 0.6) is 11.5 Å². The van der Waals surface area contributed by atoms with Gasteiger partial charge in [0.25, 0.3) is 11.6 Å². The van der Waals surface area contributed by atoms with E-state index in [-0.39, 0.29) is 23.9 Å². The molecule has 1 saturated carbocycles. The highest BCUT2D eigenvalue weighted by Gasteiger charge is 2.28. The van der Waals surface area contributed by atoms with Gasteiger partial charge >= 0.3 is 5.97 Å². The highest BCUT2D eigenvalue weighted by Crippen LogP contribution is 2.38. The number of nitro groups is 1. The molecule has 1 fully saturated rings. The van der Waals surface area contributed by atoms with Crippen LogP contribution in [0.25, 0.3) is 0 Å². The van der Waals surface area contributed by atoms with Crippen LogP contribution in [-0.2, 0) is 9.53 Å². The van der Waals surface area contributed by atoms with Crippen molar-refractivity contribution in [2.24, 2.45) is 5.92 Å². The molecule has 0 unspecified atom stereocenters. The molecule has 9 nitrogen and oxygen atoms in total. The normalized spacial score (nSPS) is 16.2. The van der Waals surface area contributed by atoms with E-state index in [1.54, 1.807) is 0 Å². The standard InChI is InChI=1S/C17H20N2O7/c20-16(18-8-11-4-2-1-3-5-11)9-24-17(21)12-6-14-15(26-10-25-14)7-13(12)19(22)23/h6-7,11H,1-5,8-10H2,(H,18,20). The van der Waals surface area contributed by atoms with E-state index in [1.165, 1.54) is 25.3 Å². The van der Waals surface area contributed by atoms with Crippen LogP contribution in [0.2, 0.25) is 0 Å². The Balaban J connectivity index is 1.56. The van der Waals surface area contributed by atoms with E-state index in [9.17, 15) is 19.7 Å². The van der Waals surface area contributed by atoms with Gasteiger partial charge in [0.05, 0.1) is 11.0 Å². The van der Waals surface area contributed by atoms with E-state index in [1.807, 2.05) is 0 Å². The van der Waals surface area contributed by atoms with Gasteiger partial charge in [0, 0.05) is 12.6 Å². The van der Waals surface area contributed by atoms with E-state index in [2.05, 4.69) is 5.32 Å². The third-order valence-corrected chi connectivity index (χ3v) is 4.55. The largest absolute Gasteiger partial charge is 0.454 e. The van der Waals surface area contributed by atoms with Crippen LogP contribution in [0.1, 0.15) is 42.5 Å². The minimum Gasteiger partial charge on any atom is -0.454 e. The topological polar surface area (TPSA) is 117 Å². The van der Waals surface area contributed by atoms with E-state index in [0.717, 1.165) is 18.9 Å². The fourth-order valence-electron chi connectivity index (χ4n) is 3.16. The molecule has 0 aromatic heterocycles. The summed E-state index contributed by atoms with van der Waals surface area (Å²) in [5.74, 6) is -0.503. The summed E-state index contributed by atoms with van der Waals surface area (Å²) in [7, 11) is 0. The van der Waals surface area contributed by atoms with Crippen molar-refractivity contribution in [2.45, 2.75) is 32.1 Å². The molecule has 0 atom stereocenters. The zero-order valence-electron chi connectivity index (χ0n) is 14.2. The number of nitrogens with one attached hydrogen (secondary N) is 1. The van der Waals surface area contributed by atoms with Crippen LogP contribution in [0.3, 0.4) is 0 Å². The molecule has 0 spiro atoms. The highest BCUT2D eigenvalue weighted by molar-refractivity contribution is 5.96. The van der Waals surface area contributed by atoms with Crippen molar-refractivity contribution in [3.63, 3.8) is 0 Å². The number of benzene rings is 1. The molecule has 0 radical (unpaired) electrons. The van der Waals surface area contributed by atoms with Crippen LogP contribution >= 0.6 is 0 Å². The Morgan fingerprint density at radius 2 is 1.88 bits per heavy atom. The van der Waals surface area contributed by atoms with E-state index >= 15 is 0 Å². The number of nitrogens with zero attached hydrogens (tertiary/aromatic N) is 1. The van der Waals surface area contributed by atoms with Gasteiger partial charge in [-0.05, 0) is 18.8 Å². The third-order valence-electron chi connectivity index (χ3n) is 4.55. The average Bonchev–Trinajstić information content (AvgIpc) is 3.11. The molecular weight excluding hydrogens is 344 g/mol. The Morgan fingerprint density at radius 1 is 1.19 bits per heavy atom. The Bertz CT molecular complexity index is 713. The lowest BCUT2D eigenvalue weighted by Gasteiger charge is -2.21. The molecule has 9 heteroatoms. The molecule has 3 rings (SSSR count). The summed E-state index contributed by atoms with van der Waals surface area (Å²) in [6, 6.07) is 2.31. The van der Waals surface area contributed by atoms with Gasteiger partial charge in [-0.15, -0.1) is 0 Å². The van der Waals surface area contributed by atoms with E-state index < -0.39 is 29.1 Å². The molecule has 1 amide bonds. The predicted octanol–water partition coefficient (Wildman–Crippen LogP) is 2.18. The first kappa shape index (κ1) is 18.0. The number of fused-ring (bicyclic) bond motifs is 1. The minimum atomic E-state index is -0.956. The fraction of sp³-hybridized carbons (Fsp3) is 0.529. The first-order valence-corrected chi connectivity index (χ1v) is 8.56. The molecule has 26 heavy (non-hydrogen) atoms. The van der Waals surface area contributed by atoms with Crippen LogP contribution in [-0.4, -0.2) is 36.7 Å².